The minimum absolute atomic E-state index is 0.0858. The molecule has 1 aromatic heterocycles. The predicted molar refractivity (Wildman–Crippen MR) is 156 cm³/mol. The van der Waals surface area contributed by atoms with E-state index in [1.165, 1.54) is 18.2 Å². The summed E-state index contributed by atoms with van der Waals surface area (Å²) in [5.74, 6) is -0.763. The lowest BCUT2D eigenvalue weighted by Crippen LogP contribution is -2.32. The molecule has 10 nitrogen and oxygen atoms in total. The van der Waals surface area contributed by atoms with E-state index < -0.39 is 23.6 Å². The summed E-state index contributed by atoms with van der Waals surface area (Å²) < 4.78 is 22.8. The molecule has 0 bridgehead atoms. The second-order valence-electron chi connectivity index (χ2n) is 10.8. The van der Waals surface area contributed by atoms with E-state index in [0.29, 0.717) is 16.9 Å². The molecule has 0 spiro atoms. The third kappa shape index (κ3) is 7.88. The van der Waals surface area contributed by atoms with Crippen LogP contribution in [0.25, 0.3) is 22.1 Å². The Kier molecular flexibility index (Phi) is 9.17. The van der Waals surface area contributed by atoms with Gasteiger partial charge in [-0.2, -0.15) is 0 Å². The van der Waals surface area contributed by atoms with Crippen LogP contribution in [0.3, 0.4) is 0 Å². The summed E-state index contributed by atoms with van der Waals surface area (Å²) in [6, 6.07) is 17.9. The fraction of sp³-hybridized carbons (Fsp3) is 0.281. The number of hydrogen-bond donors (Lipinski definition) is 3. The quantitative estimate of drug-likeness (QED) is 0.210. The van der Waals surface area contributed by atoms with E-state index in [1.807, 2.05) is 42.5 Å². The van der Waals surface area contributed by atoms with E-state index in [9.17, 15) is 19.5 Å². The second-order valence-corrected chi connectivity index (χ2v) is 10.8. The largest absolute Gasteiger partial charge is 0.489 e. The van der Waals surface area contributed by atoms with Gasteiger partial charge in [0.2, 0.25) is 5.91 Å². The molecule has 4 aromatic rings. The normalized spacial score (nSPS) is 11.3. The van der Waals surface area contributed by atoms with Gasteiger partial charge in [-0.3, -0.25) is 9.59 Å². The number of rotatable bonds is 11. The Morgan fingerprint density at radius 3 is 2.45 bits per heavy atom. The van der Waals surface area contributed by atoms with Crippen LogP contribution in [0, 0.1) is 0 Å². The molecule has 4 N–H and O–H groups in total. The number of nitrogens with two attached hydrogens (primary N) is 1. The highest BCUT2D eigenvalue weighted by atomic mass is 16.6. The number of nitrogens with one attached hydrogen (secondary N) is 1. The number of ether oxygens (including phenoxy) is 3. The molecule has 1 heterocycles. The van der Waals surface area contributed by atoms with Gasteiger partial charge in [-0.05, 0) is 73.9 Å². The molecule has 0 unspecified atom stereocenters. The van der Waals surface area contributed by atoms with Crippen molar-refractivity contribution in [1.82, 2.24) is 5.32 Å². The Labute approximate surface area is 243 Å². The van der Waals surface area contributed by atoms with Crippen LogP contribution in [-0.2, 0) is 40.4 Å². The van der Waals surface area contributed by atoms with Gasteiger partial charge in [-0.15, -0.1) is 0 Å². The molecule has 2 amide bonds. The van der Waals surface area contributed by atoms with E-state index >= 15 is 0 Å². The van der Waals surface area contributed by atoms with Crippen LogP contribution in [0.1, 0.15) is 53.6 Å². The van der Waals surface area contributed by atoms with E-state index in [0.717, 1.165) is 27.6 Å². The number of aliphatic carboxylic acids is 1. The van der Waals surface area contributed by atoms with Crippen LogP contribution in [0.4, 0.5) is 4.79 Å². The fourth-order valence-electron chi connectivity index (χ4n) is 4.43. The number of carbonyl (C=O) groups excluding carboxylic acids is 2. The highest BCUT2D eigenvalue weighted by molar-refractivity contribution is 5.94. The number of primary amides is 1. The lowest BCUT2D eigenvalue weighted by atomic mass is 9.99. The van der Waals surface area contributed by atoms with E-state index in [-0.39, 0.29) is 37.5 Å². The lowest BCUT2D eigenvalue weighted by Gasteiger charge is -2.19. The average Bonchev–Trinajstić information content (AvgIpc) is 3.32. The fourth-order valence-corrected chi connectivity index (χ4v) is 4.43. The Hall–Kier alpha value is -4.83. The molecule has 42 heavy (non-hydrogen) atoms. The second kappa shape index (κ2) is 12.8. The molecule has 0 fully saturated rings. The summed E-state index contributed by atoms with van der Waals surface area (Å²) in [4.78, 5) is 35.3. The third-order valence-corrected chi connectivity index (χ3v) is 6.18. The minimum atomic E-state index is -1.03. The molecule has 0 saturated carbocycles. The molecule has 0 aliphatic rings. The van der Waals surface area contributed by atoms with E-state index in [1.54, 1.807) is 27.9 Å². The summed E-state index contributed by atoms with van der Waals surface area (Å²) in [6.07, 6.45) is -0.780. The number of amides is 2. The van der Waals surface area contributed by atoms with Gasteiger partial charge in [0.05, 0.1) is 6.42 Å². The first kappa shape index (κ1) is 30.1. The van der Waals surface area contributed by atoms with Gasteiger partial charge in [-0.25, -0.2) is 4.79 Å². The van der Waals surface area contributed by atoms with E-state index in [4.69, 9.17) is 24.4 Å². The first-order valence-electron chi connectivity index (χ1n) is 13.3. The van der Waals surface area contributed by atoms with Crippen LogP contribution in [0.5, 0.6) is 5.75 Å². The predicted octanol–water partition coefficient (Wildman–Crippen LogP) is 5.58. The van der Waals surface area contributed by atoms with Crippen LogP contribution in [-0.4, -0.2) is 35.8 Å². The van der Waals surface area contributed by atoms with Crippen LogP contribution in [0.2, 0.25) is 0 Å². The highest BCUT2D eigenvalue weighted by Crippen LogP contribution is 2.34. The van der Waals surface area contributed by atoms with Crippen molar-refractivity contribution >= 4 is 28.9 Å². The van der Waals surface area contributed by atoms with Gasteiger partial charge in [-0.1, -0.05) is 24.3 Å². The molecule has 0 aliphatic carbocycles. The van der Waals surface area contributed by atoms with E-state index in [2.05, 4.69) is 5.32 Å². The van der Waals surface area contributed by atoms with Gasteiger partial charge < -0.3 is 34.8 Å². The van der Waals surface area contributed by atoms with Crippen molar-refractivity contribution in [2.75, 3.05) is 7.11 Å². The zero-order valence-electron chi connectivity index (χ0n) is 24.0. The summed E-state index contributed by atoms with van der Waals surface area (Å²) in [5, 5.41) is 12.9. The maximum absolute atomic E-state index is 12.2. The van der Waals surface area contributed by atoms with Crippen molar-refractivity contribution in [3.8, 4) is 16.9 Å². The van der Waals surface area contributed by atoms with Crippen molar-refractivity contribution in [3.63, 3.8) is 0 Å². The maximum Gasteiger partial charge on any atom is 0.407 e. The number of hydrogen-bond acceptors (Lipinski definition) is 7. The molecular formula is C32H34N2O8. The summed E-state index contributed by atoms with van der Waals surface area (Å²) >= 11 is 0. The highest BCUT2D eigenvalue weighted by Gasteiger charge is 2.17. The number of carbonyl (C=O) groups is 3. The first-order valence-corrected chi connectivity index (χ1v) is 13.3. The molecule has 10 heteroatoms. The average molecular weight is 575 g/mol. The number of alkyl carbamates (subject to hydrolysis) is 1. The van der Waals surface area contributed by atoms with Gasteiger partial charge in [0, 0.05) is 35.7 Å². The summed E-state index contributed by atoms with van der Waals surface area (Å²) in [6.45, 7) is 6.05. The van der Waals surface area contributed by atoms with Crippen LogP contribution in [0.15, 0.2) is 65.1 Å². The molecule has 0 aliphatic heterocycles. The summed E-state index contributed by atoms with van der Waals surface area (Å²) in [5.41, 5.74) is 9.41. The number of carboxylic acids is 1. The Balaban J connectivity index is 1.66. The van der Waals surface area contributed by atoms with Crippen molar-refractivity contribution in [3.05, 3.63) is 88.7 Å². The standard InChI is InChI=1S/C32H34N2O8/c1-32(2,3)42-31(38)34-16-19-6-5-7-21(10-19)26-12-20(11-24-13-25(18-39-4)41-29(24)26)17-40-27-14-23(30(33)37)9-8-22(27)15-28(35)36/h5-14H,15-18H2,1-4H3,(H2,33,37)(H,34,38)(H,35,36). The molecule has 3 aromatic carbocycles. The zero-order valence-corrected chi connectivity index (χ0v) is 24.0. The number of carboxylic acid groups (broad SMARTS) is 1. The zero-order chi connectivity index (χ0) is 30.4. The van der Waals surface area contributed by atoms with Gasteiger partial charge in [0.25, 0.3) is 0 Å². The monoisotopic (exact) mass is 574 g/mol. The number of furan rings is 1. The van der Waals surface area contributed by atoms with Crippen LogP contribution < -0.4 is 15.8 Å². The molecule has 4 rings (SSSR count). The molecule has 0 atom stereocenters. The molecular weight excluding hydrogens is 540 g/mol. The molecule has 0 saturated heterocycles. The van der Waals surface area contributed by atoms with Gasteiger partial charge in [0.15, 0.2) is 0 Å². The molecule has 220 valence electrons. The number of benzene rings is 3. The Bertz CT molecular complexity index is 1620. The van der Waals surface area contributed by atoms with Crippen molar-refractivity contribution in [2.45, 2.75) is 52.6 Å². The molecule has 0 radical (unpaired) electrons. The number of methoxy groups -OCH3 is 1. The number of fused-ring (bicyclic) bond motifs is 1. The van der Waals surface area contributed by atoms with Gasteiger partial charge >= 0.3 is 12.1 Å². The SMILES string of the molecule is COCc1cc2cc(COc3cc(C(N)=O)ccc3CC(=O)O)cc(-c3cccc(CNC(=O)OC(C)(C)C)c3)c2o1. The van der Waals surface area contributed by atoms with Crippen molar-refractivity contribution < 1.29 is 38.1 Å². The Morgan fingerprint density at radius 2 is 1.76 bits per heavy atom. The maximum atomic E-state index is 12.2. The summed E-state index contributed by atoms with van der Waals surface area (Å²) in [7, 11) is 1.59. The van der Waals surface area contributed by atoms with Crippen LogP contribution >= 0.6 is 0 Å². The Morgan fingerprint density at radius 1 is 0.976 bits per heavy atom. The van der Waals surface area contributed by atoms with Gasteiger partial charge in [0.1, 0.15) is 35.9 Å². The lowest BCUT2D eigenvalue weighted by molar-refractivity contribution is -0.136. The van der Waals surface area contributed by atoms with Crippen molar-refractivity contribution in [1.29, 1.82) is 0 Å². The third-order valence-electron chi connectivity index (χ3n) is 6.18. The van der Waals surface area contributed by atoms with Crippen molar-refractivity contribution in [2.24, 2.45) is 5.73 Å². The minimum Gasteiger partial charge on any atom is -0.489 e. The topological polar surface area (TPSA) is 150 Å². The smallest absolute Gasteiger partial charge is 0.407 e. The first-order chi connectivity index (χ1) is 19.9.